The van der Waals surface area contributed by atoms with Crippen LogP contribution in [-0.2, 0) is 0 Å². The van der Waals surface area contributed by atoms with E-state index >= 15 is 0 Å². The minimum atomic E-state index is -0.226. The zero-order valence-electron chi connectivity index (χ0n) is 9.85. The fraction of sp³-hybridized carbons (Fsp3) is 0.300. The molecule has 0 unspecified atom stereocenters. The molecule has 2 aromatic rings. The van der Waals surface area contributed by atoms with Crippen LogP contribution in [0.25, 0.3) is 0 Å². The Hall–Kier alpha value is -1.28. The average molecular weight is 330 g/mol. The predicted octanol–water partition coefficient (Wildman–Crippen LogP) is 2.04. The summed E-state index contributed by atoms with van der Waals surface area (Å²) in [5.41, 5.74) is 6.18. The second kappa shape index (κ2) is 5.15. The number of hydrogen-bond acceptors (Lipinski definition) is 5. The Morgan fingerprint density at radius 2 is 2.22 bits per heavy atom. The Morgan fingerprint density at radius 1 is 1.50 bits per heavy atom. The van der Waals surface area contributed by atoms with E-state index in [0.29, 0.717) is 10.8 Å². The number of H-pyrrole nitrogens is 1. The molecule has 3 N–H and O–H groups in total. The van der Waals surface area contributed by atoms with Gasteiger partial charge in [-0.05, 0) is 41.5 Å². The van der Waals surface area contributed by atoms with Crippen LogP contribution in [0, 0.1) is 0 Å². The molecule has 0 aliphatic carbocycles. The van der Waals surface area contributed by atoms with E-state index in [0.717, 1.165) is 9.37 Å². The van der Waals surface area contributed by atoms with Gasteiger partial charge in [0.1, 0.15) is 0 Å². The fourth-order valence-corrected chi connectivity index (χ4v) is 3.03. The van der Waals surface area contributed by atoms with Crippen LogP contribution in [0.15, 0.2) is 31.7 Å². The van der Waals surface area contributed by atoms with Crippen molar-refractivity contribution < 1.29 is 0 Å². The predicted molar refractivity (Wildman–Crippen MR) is 73.7 cm³/mol. The summed E-state index contributed by atoms with van der Waals surface area (Å²) in [5.74, 6) is 0. The molecule has 0 fully saturated rings. The van der Waals surface area contributed by atoms with Gasteiger partial charge >= 0.3 is 5.69 Å². The lowest BCUT2D eigenvalue weighted by molar-refractivity contribution is 0.534. The van der Waals surface area contributed by atoms with Gasteiger partial charge in [-0.1, -0.05) is 0 Å². The lowest BCUT2D eigenvalue weighted by atomic mass is 10.4. The molecule has 2 heterocycles. The third-order valence-electron chi connectivity index (χ3n) is 2.26. The van der Waals surface area contributed by atoms with Crippen LogP contribution in [0.2, 0.25) is 0 Å². The molecular weight excluding hydrogens is 318 g/mol. The summed E-state index contributed by atoms with van der Waals surface area (Å²) in [5, 5.41) is 7.03. The van der Waals surface area contributed by atoms with Gasteiger partial charge < -0.3 is 5.73 Å². The molecule has 0 aromatic carbocycles. The first-order chi connectivity index (χ1) is 8.50. The van der Waals surface area contributed by atoms with Crippen LogP contribution < -0.4 is 11.4 Å². The first-order valence-electron chi connectivity index (χ1n) is 5.24. The van der Waals surface area contributed by atoms with E-state index in [1.807, 2.05) is 13.8 Å². The smallest absolute Gasteiger partial charge is 0.344 e. The maximum absolute atomic E-state index is 11.6. The second-order valence-electron chi connectivity index (χ2n) is 3.92. The van der Waals surface area contributed by atoms with E-state index < -0.39 is 0 Å². The maximum Gasteiger partial charge on any atom is 0.344 e. The average Bonchev–Trinajstić information content (AvgIpc) is 2.65. The number of aromatic amines is 1. The molecule has 0 aliphatic rings. The van der Waals surface area contributed by atoms with Crippen molar-refractivity contribution >= 4 is 33.4 Å². The Balaban J connectivity index is 2.44. The zero-order valence-corrected chi connectivity index (χ0v) is 12.2. The van der Waals surface area contributed by atoms with Crippen LogP contribution in [0.3, 0.4) is 0 Å². The first-order valence-corrected chi connectivity index (χ1v) is 6.85. The van der Waals surface area contributed by atoms with E-state index in [-0.39, 0.29) is 11.7 Å². The molecule has 0 radical (unpaired) electrons. The van der Waals surface area contributed by atoms with Gasteiger partial charge in [0.2, 0.25) is 0 Å². The van der Waals surface area contributed by atoms with Crippen molar-refractivity contribution in [3.05, 3.63) is 27.4 Å². The van der Waals surface area contributed by atoms with E-state index in [9.17, 15) is 4.79 Å². The summed E-state index contributed by atoms with van der Waals surface area (Å²) < 4.78 is 2.36. The minimum absolute atomic E-state index is 0.0283. The molecule has 8 heteroatoms. The van der Waals surface area contributed by atoms with Gasteiger partial charge in [-0.15, -0.1) is 5.10 Å². The number of rotatable bonds is 3. The van der Waals surface area contributed by atoms with Gasteiger partial charge in [0.25, 0.3) is 0 Å². The van der Waals surface area contributed by atoms with Gasteiger partial charge in [-0.3, -0.25) is 9.55 Å². The highest BCUT2D eigenvalue weighted by molar-refractivity contribution is 9.10. The van der Waals surface area contributed by atoms with Gasteiger partial charge in [0, 0.05) is 12.2 Å². The highest BCUT2D eigenvalue weighted by Gasteiger charge is 2.15. The number of nitrogens with zero attached hydrogens (tertiary/aromatic N) is 3. The molecule has 96 valence electrons. The van der Waals surface area contributed by atoms with Gasteiger partial charge in [0.15, 0.2) is 5.16 Å². The summed E-state index contributed by atoms with van der Waals surface area (Å²) in [4.78, 5) is 16.4. The van der Waals surface area contributed by atoms with Crippen LogP contribution in [0.4, 0.5) is 5.69 Å². The molecule has 0 aliphatic heterocycles. The topological polar surface area (TPSA) is 89.6 Å². The van der Waals surface area contributed by atoms with E-state index in [1.54, 1.807) is 17.0 Å². The molecular formula is C10H12BrN5OS. The summed E-state index contributed by atoms with van der Waals surface area (Å²) in [6, 6.07) is 0.0283. The molecule has 18 heavy (non-hydrogen) atoms. The fourth-order valence-electron chi connectivity index (χ4n) is 1.45. The number of nitrogens with one attached hydrogen (secondary N) is 1. The van der Waals surface area contributed by atoms with Gasteiger partial charge in [-0.2, -0.15) is 0 Å². The summed E-state index contributed by atoms with van der Waals surface area (Å²) in [6.07, 6.45) is 3.22. The summed E-state index contributed by atoms with van der Waals surface area (Å²) >= 11 is 4.71. The third-order valence-corrected chi connectivity index (χ3v) is 4.26. The molecule has 0 spiro atoms. The van der Waals surface area contributed by atoms with Crippen molar-refractivity contribution in [3.63, 3.8) is 0 Å². The van der Waals surface area contributed by atoms with Crippen molar-refractivity contribution in [2.75, 3.05) is 5.73 Å². The number of hydrogen-bond donors (Lipinski definition) is 2. The first kappa shape index (κ1) is 13.2. The lowest BCUT2D eigenvalue weighted by Gasteiger charge is -2.10. The highest BCUT2D eigenvalue weighted by atomic mass is 79.9. The van der Waals surface area contributed by atoms with Crippen molar-refractivity contribution in [1.29, 1.82) is 0 Å². The molecule has 0 saturated heterocycles. The quantitative estimate of drug-likeness (QED) is 0.899. The second-order valence-corrected chi connectivity index (χ2v) is 5.75. The molecule has 2 rings (SSSR count). The number of nitrogens with two attached hydrogens (primary N) is 1. The van der Waals surface area contributed by atoms with Gasteiger partial charge in [-0.25, -0.2) is 9.89 Å². The molecule has 0 amide bonds. The zero-order chi connectivity index (χ0) is 13.3. The molecule has 0 atom stereocenters. The monoisotopic (exact) mass is 329 g/mol. The summed E-state index contributed by atoms with van der Waals surface area (Å²) in [7, 11) is 0. The van der Waals surface area contributed by atoms with Crippen LogP contribution in [0.1, 0.15) is 19.9 Å². The SMILES string of the molecule is CC(C)n1c(Sc2c(N)cncc2Br)n[nH]c1=O. The van der Waals surface area contributed by atoms with Crippen molar-refractivity contribution in [1.82, 2.24) is 19.7 Å². The van der Waals surface area contributed by atoms with E-state index in [2.05, 4.69) is 31.1 Å². The third kappa shape index (κ3) is 2.44. The number of nitrogen functional groups attached to an aromatic ring is 1. The van der Waals surface area contributed by atoms with Crippen molar-refractivity contribution in [3.8, 4) is 0 Å². The van der Waals surface area contributed by atoms with Crippen molar-refractivity contribution in [2.45, 2.75) is 29.9 Å². The molecule has 0 bridgehead atoms. The normalized spacial score (nSPS) is 11.1. The number of aromatic nitrogens is 4. The Labute approximate surface area is 116 Å². The van der Waals surface area contributed by atoms with Gasteiger partial charge in [0.05, 0.1) is 21.3 Å². The summed E-state index contributed by atoms with van der Waals surface area (Å²) in [6.45, 7) is 3.85. The van der Waals surface area contributed by atoms with E-state index in [4.69, 9.17) is 5.73 Å². The number of pyridine rings is 1. The highest BCUT2D eigenvalue weighted by Crippen LogP contribution is 2.36. The molecule has 0 saturated carbocycles. The largest absolute Gasteiger partial charge is 0.397 e. The minimum Gasteiger partial charge on any atom is -0.397 e. The number of anilines is 1. The van der Waals surface area contributed by atoms with Crippen LogP contribution >= 0.6 is 27.7 Å². The van der Waals surface area contributed by atoms with Crippen LogP contribution in [-0.4, -0.2) is 19.7 Å². The maximum atomic E-state index is 11.6. The molecule has 6 nitrogen and oxygen atoms in total. The Kier molecular flexibility index (Phi) is 3.76. The molecule has 2 aromatic heterocycles. The standard InChI is InChI=1S/C10H12BrN5OS/c1-5(2)16-9(17)14-15-10(16)18-8-6(11)3-13-4-7(8)12/h3-5H,12H2,1-2H3,(H,14,17). The number of halogens is 1. The Morgan fingerprint density at radius 3 is 2.83 bits per heavy atom. The van der Waals surface area contributed by atoms with E-state index in [1.165, 1.54) is 11.8 Å². The lowest BCUT2D eigenvalue weighted by Crippen LogP contribution is -2.19. The van der Waals surface area contributed by atoms with Crippen LogP contribution in [0.5, 0.6) is 0 Å². The van der Waals surface area contributed by atoms with Crippen molar-refractivity contribution in [2.24, 2.45) is 0 Å². The Bertz CT molecular complexity index is 601.